The summed E-state index contributed by atoms with van der Waals surface area (Å²) in [6.07, 6.45) is 3.15. The molecule has 2 aliphatic heterocycles. The van der Waals surface area contributed by atoms with Gasteiger partial charge in [0.05, 0.1) is 12.0 Å². The Kier molecular flexibility index (Phi) is 5.57. The van der Waals surface area contributed by atoms with Crippen LogP contribution in [0.15, 0.2) is 41.4 Å². The van der Waals surface area contributed by atoms with Crippen LogP contribution < -0.4 is 19.5 Å². The van der Waals surface area contributed by atoms with Gasteiger partial charge in [0.1, 0.15) is 5.56 Å². The van der Waals surface area contributed by atoms with E-state index in [4.69, 9.17) is 14.2 Å². The zero-order chi connectivity index (χ0) is 21.1. The van der Waals surface area contributed by atoms with Crippen LogP contribution in [0.2, 0.25) is 0 Å². The van der Waals surface area contributed by atoms with Gasteiger partial charge in [-0.05, 0) is 47.7 Å². The highest BCUT2D eigenvalue weighted by Crippen LogP contribution is 2.36. The van der Waals surface area contributed by atoms with E-state index in [1.54, 1.807) is 36.4 Å². The molecule has 2 aromatic rings. The number of benzene rings is 1. The Morgan fingerprint density at radius 2 is 2.13 bits per heavy atom. The molecule has 0 spiro atoms. The minimum Gasteiger partial charge on any atom is -0.480 e. The van der Waals surface area contributed by atoms with Gasteiger partial charge >= 0.3 is 0 Å². The van der Waals surface area contributed by atoms with Crippen LogP contribution in [0.4, 0.5) is 4.79 Å². The Balaban J connectivity index is 1.38. The molecule has 0 unspecified atom stereocenters. The van der Waals surface area contributed by atoms with E-state index in [1.807, 2.05) is 0 Å². The number of thioether (sulfide) groups is 1. The molecule has 0 saturated carbocycles. The van der Waals surface area contributed by atoms with Crippen molar-refractivity contribution in [2.75, 3.05) is 27.0 Å². The summed E-state index contributed by atoms with van der Waals surface area (Å²) in [4.78, 5) is 42.6. The van der Waals surface area contributed by atoms with Crippen molar-refractivity contribution in [2.24, 2.45) is 0 Å². The maximum atomic E-state index is 12.6. The van der Waals surface area contributed by atoms with Crippen molar-refractivity contribution in [3.05, 3.63) is 52.6 Å². The van der Waals surface area contributed by atoms with E-state index >= 15 is 0 Å². The second-order valence-corrected chi connectivity index (χ2v) is 7.26. The summed E-state index contributed by atoms with van der Waals surface area (Å²) in [6.45, 7) is 0.315. The normalized spacial score (nSPS) is 16.3. The number of ether oxygens (including phenoxy) is 3. The van der Waals surface area contributed by atoms with E-state index in [2.05, 4.69) is 10.3 Å². The highest BCUT2D eigenvalue weighted by atomic mass is 32.2. The number of aromatic nitrogens is 1. The number of methoxy groups -OCH3 is 1. The van der Waals surface area contributed by atoms with Gasteiger partial charge in [-0.1, -0.05) is 6.07 Å². The van der Waals surface area contributed by atoms with Crippen LogP contribution in [0.3, 0.4) is 0 Å². The highest BCUT2D eigenvalue weighted by molar-refractivity contribution is 8.18. The van der Waals surface area contributed by atoms with Gasteiger partial charge in [0.15, 0.2) is 11.5 Å². The molecule has 1 N–H and O–H groups in total. The third-order valence-corrected chi connectivity index (χ3v) is 5.31. The number of hydrogen-bond donors (Lipinski definition) is 1. The Morgan fingerprint density at radius 3 is 2.97 bits per heavy atom. The smallest absolute Gasteiger partial charge is 0.293 e. The zero-order valence-corrected chi connectivity index (χ0v) is 16.7. The molecule has 1 aromatic heterocycles. The molecule has 1 saturated heterocycles. The SMILES string of the molecule is COc1ncccc1C(=O)NCCN1C(=O)SC(=Cc2ccc3c(c2)OCO3)C1=O. The van der Waals surface area contributed by atoms with Crippen LogP contribution in [0.25, 0.3) is 6.08 Å². The maximum Gasteiger partial charge on any atom is 0.293 e. The predicted octanol–water partition coefficient (Wildman–Crippen LogP) is 2.29. The van der Waals surface area contributed by atoms with E-state index < -0.39 is 11.8 Å². The lowest BCUT2D eigenvalue weighted by Gasteiger charge is -2.13. The van der Waals surface area contributed by atoms with Gasteiger partial charge in [-0.15, -0.1) is 0 Å². The molecular formula is C20H17N3O6S. The van der Waals surface area contributed by atoms with E-state index in [0.29, 0.717) is 16.4 Å². The first-order valence-electron chi connectivity index (χ1n) is 8.99. The monoisotopic (exact) mass is 427 g/mol. The van der Waals surface area contributed by atoms with Crippen LogP contribution in [0.5, 0.6) is 17.4 Å². The summed E-state index contributed by atoms with van der Waals surface area (Å²) in [7, 11) is 1.42. The number of carbonyl (C=O) groups excluding carboxylic acids is 3. The molecule has 1 aromatic carbocycles. The molecule has 3 heterocycles. The number of amides is 3. The summed E-state index contributed by atoms with van der Waals surface area (Å²) in [5, 5.41) is 2.28. The van der Waals surface area contributed by atoms with Gasteiger partial charge in [0, 0.05) is 19.3 Å². The third-order valence-electron chi connectivity index (χ3n) is 4.40. The van der Waals surface area contributed by atoms with Crippen molar-refractivity contribution in [1.82, 2.24) is 15.2 Å². The highest BCUT2D eigenvalue weighted by Gasteiger charge is 2.34. The third kappa shape index (κ3) is 3.94. The molecule has 10 heteroatoms. The second-order valence-electron chi connectivity index (χ2n) is 6.26. The molecule has 0 radical (unpaired) electrons. The summed E-state index contributed by atoms with van der Waals surface area (Å²) in [5.74, 6) is 0.629. The molecule has 3 amide bonds. The van der Waals surface area contributed by atoms with Gasteiger partial charge in [0.2, 0.25) is 12.7 Å². The van der Waals surface area contributed by atoms with Crippen LogP contribution >= 0.6 is 11.8 Å². The molecule has 0 bridgehead atoms. The number of nitrogens with one attached hydrogen (secondary N) is 1. The number of pyridine rings is 1. The number of carbonyl (C=O) groups is 3. The summed E-state index contributed by atoms with van der Waals surface area (Å²) in [6, 6.07) is 8.48. The fourth-order valence-corrected chi connectivity index (χ4v) is 3.81. The molecule has 154 valence electrons. The lowest BCUT2D eigenvalue weighted by molar-refractivity contribution is -0.122. The number of hydrogen-bond acceptors (Lipinski definition) is 8. The average Bonchev–Trinajstić information content (AvgIpc) is 3.32. The number of rotatable bonds is 6. The quantitative estimate of drug-likeness (QED) is 0.700. The van der Waals surface area contributed by atoms with Crippen molar-refractivity contribution >= 4 is 34.9 Å². The fourth-order valence-electron chi connectivity index (χ4n) is 2.95. The Morgan fingerprint density at radius 1 is 1.30 bits per heavy atom. The Labute approximate surface area is 176 Å². The van der Waals surface area contributed by atoms with Crippen LogP contribution in [0.1, 0.15) is 15.9 Å². The molecule has 1 fully saturated rings. The average molecular weight is 427 g/mol. The number of fused-ring (bicyclic) bond motifs is 1. The molecule has 9 nitrogen and oxygen atoms in total. The maximum absolute atomic E-state index is 12.6. The molecule has 30 heavy (non-hydrogen) atoms. The second kappa shape index (κ2) is 8.46. The minimum atomic E-state index is -0.407. The van der Waals surface area contributed by atoms with Crippen LogP contribution in [-0.2, 0) is 4.79 Å². The van der Waals surface area contributed by atoms with Crippen LogP contribution in [0, 0.1) is 0 Å². The first kappa shape index (κ1) is 19.8. The molecule has 0 aliphatic carbocycles. The van der Waals surface area contributed by atoms with Crippen molar-refractivity contribution in [3.63, 3.8) is 0 Å². The topological polar surface area (TPSA) is 107 Å². The standard InChI is InChI=1S/C20H17N3O6S/c1-27-18-13(3-2-6-22-18)17(24)21-7-8-23-19(25)16(30-20(23)26)10-12-4-5-14-15(9-12)29-11-28-14/h2-6,9-10H,7-8,11H2,1H3,(H,21,24). The van der Waals surface area contributed by atoms with Crippen LogP contribution in [-0.4, -0.2) is 53.9 Å². The number of nitrogens with zero attached hydrogens (tertiary/aromatic N) is 2. The van der Waals surface area contributed by atoms with Crippen molar-refractivity contribution in [3.8, 4) is 17.4 Å². The lowest BCUT2D eigenvalue weighted by Crippen LogP contribution is -2.37. The van der Waals surface area contributed by atoms with Gasteiger partial charge in [0.25, 0.3) is 17.1 Å². The van der Waals surface area contributed by atoms with Gasteiger partial charge in [-0.25, -0.2) is 4.98 Å². The Bertz CT molecular complexity index is 1050. The van der Waals surface area contributed by atoms with E-state index in [1.165, 1.54) is 13.3 Å². The van der Waals surface area contributed by atoms with Gasteiger partial charge in [-0.2, -0.15) is 0 Å². The van der Waals surface area contributed by atoms with Gasteiger partial charge in [-0.3, -0.25) is 19.3 Å². The molecular weight excluding hydrogens is 410 g/mol. The van der Waals surface area contributed by atoms with Crippen molar-refractivity contribution in [2.45, 2.75) is 0 Å². The lowest BCUT2D eigenvalue weighted by atomic mass is 10.2. The Hall–Kier alpha value is -3.53. The minimum absolute atomic E-state index is 0.0530. The van der Waals surface area contributed by atoms with Crippen molar-refractivity contribution in [1.29, 1.82) is 0 Å². The molecule has 0 atom stereocenters. The zero-order valence-electron chi connectivity index (χ0n) is 15.9. The molecule has 4 rings (SSSR count). The summed E-state index contributed by atoms with van der Waals surface area (Å²) in [5.41, 5.74) is 0.999. The van der Waals surface area contributed by atoms with Crippen molar-refractivity contribution < 1.29 is 28.6 Å². The van der Waals surface area contributed by atoms with E-state index in [-0.39, 0.29) is 36.6 Å². The fraction of sp³-hybridized carbons (Fsp3) is 0.200. The number of imide groups is 1. The summed E-state index contributed by atoms with van der Waals surface area (Å²) >= 11 is 0.855. The van der Waals surface area contributed by atoms with Gasteiger partial charge < -0.3 is 19.5 Å². The molecule has 2 aliphatic rings. The predicted molar refractivity (Wildman–Crippen MR) is 108 cm³/mol. The first-order valence-corrected chi connectivity index (χ1v) is 9.80. The summed E-state index contributed by atoms with van der Waals surface area (Å²) < 4.78 is 15.7. The first-order chi connectivity index (χ1) is 14.6. The largest absolute Gasteiger partial charge is 0.480 e. The van der Waals surface area contributed by atoms with E-state index in [0.717, 1.165) is 22.2 Å². The van der Waals surface area contributed by atoms with E-state index in [9.17, 15) is 14.4 Å².